The third-order valence-corrected chi connectivity index (χ3v) is 1.83. The second-order valence-corrected chi connectivity index (χ2v) is 3.03. The molecular formula is C8H5ClN6. The topological polar surface area (TPSA) is 80.3 Å². The molecule has 0 unspecified atom stereocenters. The summed E-state index contributed by atoms with van der Waals surface area (Å²) in [6.45, 7) is 0.414. The van der Waals surface area contributed by atoms with Crippen molar-refractivity contribution in [1.29, 1.82) is 5.26 Å². The van der Waals surface area contributed by atoms with Crippen molar-refractivity contribution in [3.63, 3.8) is 0 Å². The van der Waals surface area contributed by atoms with Crippen LogP contribution in [-0.4, -0.2) is 24.7 Å². The van der Waals surface area contributed by atoms with Crippen molar-refractivity contribution >= 4 is 11.6 Å². The van der Waals surface area contributed by atoms with Crippen LogP contribution in [0.5, 0.6) is 0 Å². The van der Waals surface area contributed by atoms with E-state index < -0.39 is 0 Å². The summed E-state index contributed by atoms with van der Waals surface area (Å²) in [5, 5.41) is 12.6. The molecule has 0 N–H and O–H groups in total. The standard InChI is InChI=1S/C8H5ClN6/c9-8-11-2-1-6(13-8)4-15-5-12-7(3-10)14-15/h1-2,5H,4H2. The maximum Gasteiger partial charge on any atom is 0.252 e. The van der Waals surface area contributed by atoms with E-state index in [9.17, 15) is 0 Å². The largest absolute Gasteiger partial charge is 0.252 e. The molecule has 2 rings (SSSR count). The third-order valence-electron chi connectivity index (χ3n) is 1.64. The molecule has 7 heteroatoms. The fraction of sp³-hybridized carbons (Fsp3) is 0.125. The zero-order valence-corrected chi connectivity index (χ0v) is 8.26. The average Bonchev–Trinajstić information content (AvgIpc) is 2.65. The van der Waals surface area contributed by atoms with Gasteiger partial charge in [0.2, 0.25) is 5.28 Å². The molecule has 0 aliphatic carbocycles. The van der Waals surface area contributed by atoms with E-state index in [0.717, 1.165) is 0 Å². The van der Waals surface area contributed by atoms with Crippen molar-refractivity contribution in [3.8, 4) is 6.07 Å². The SMILES string of the molecule is N#Cc1ncn(Cc2ccnc(Cl)n2)n1. The van der Waals surface area contributed by atoms with Crippen LogP contribution in [0, 0.1) is 11.3 Å². The normalized spacial score (nSPS) is 9.87. The van der Waals surface area contributed by atoms with Gasteiger partial charge in [0.15, 0.2) is 0 Å². The van der Waals surface area contributed by atoms with Gasteiger partial charge in [-0.25, -0.2) is 19.6 Å². The zero-order chi connectivity index (χ0) is 10.7. The van der Waals surface area contributed by atoms with Crippen molar-refractivity contribution in [2.45, 2.75) is 6.54 Å². The second-order valence-electron chi connectivity index (χ2n) is 2.69. The highest BCUT2D eigenvalue weighted by atomic mass is 35.5. The Balaban J connectivity index is 2.19. The van der Waals surface area contributed by atoms with Gasteiger partial charge in [-0.2, -0.15) is 5.26 Å². The van der Waals surface area contributed by atoms with Crippen LogP contribution in [0.15, 0.2) is 18.6 Å². The highest BCUT2D eigenvalue weighted by Gasteiger charge is 2.01. The minimum absolute atomic E-state index is 0.134. The molecule has 0 aromatic carbocycles. The Bertz CT molecular complexity index is 514. The van der Waals surface area contributed by atoms with Crippen molar-refractivity contribution < 1.29 is 0 Å². The van der Waals surface area contributed by atoms with Gasteiger partial charge in [0.1, 0.15) is 12.4 Å². The van der Waals surface area contributed by atoms with Gasteiger partial charge in [-0.15, -0.1) is 5.10 Å². The van der Waals surface area contributed by atoms with E-state index in [1.165, 1.54) is 11.0 Å². The summed E-state index contributed by atoms with van der Waals surface area (Å²) in [6.07, 6.45) is 3.03. The number of hydrogen-bond acceptors (Lipinski definition) is 5. The molecule has 0 fully saturated rings. The molecule has 0 amide bonds. The van der Waals surface area contributed by atoms with Crippen LogP contribution in [0.2, 0.25) is 5.28 Å². The molecule has 2 heterocycles. The highest BCUT2D eigenvalue weighted by Crippen LogP contribution is 2.02. The molecule has 6 nitrogen and oxygen atoms in total. The minimum atomic E-state index is 0.134. The van der Waals surface area contributed by atoms with E-state index >= 15 is 0 Å². The van der Waals surface area contributed by atoms with E-state index in [1.54, 1.807) is 12.3 Å². The lowest BCUT2D eigenvalue weighted by molar-refractivity contribution is 0.667. The van der Waals surface area contributed by atoms with E-state index in [0.29, 0.717) is 12.2 Å². The number of aromatic nitrogens is 5. The smallest absolute Gasteiger partial charge is 0.246 e. The van der Waals surface area contributed by atoms with Crippen LogP contribution < -0.4 is 0 Å². The fourth-order valence-electron chi connectivity index (χ4n) is 1.05. The molecule has 0 radical (unpaired) electrons. The van der Waals surface area contributed by atoms with Gasteiger partial charge in [-0.1, -0.05) is 0 Å². The summed E-state index contributed by atoms with van der Waals surface area (Å²) >= 11 is 5.62. The van der Waals surface area contributed by atoms with Crippen molar-refractivity contribution in [3.05, 3.63) is 35.4 Å². The van der Waals surface area contributed by atoms with Gasteiger partial charge in [0.05, 0.1) is 12.2 Å². The molecule has 0 atom stereocenters. The Labute approximate surface area is 90.2 Å². The van der Waals surface area contributed by atoms with Crippen molar-refractivity contribution in [1.82, 2.24) is 24.7 Å². The Morgan fingerprint density at radius 2 is 2.33 bits per heavy atom. The highest BCUT2D eigenvalue weighted by molar-refractivity contribution is 6.28. The van der Waals surface area contributed by atoms with Crippen LogP contribution in [0.25, 0.3) is 0 Å². The summed E-state index contributed by atoms with van der Waals surface area (Å²) < 4.78 is 1.51. The molecular weight excluding hydrogens is 216 g/mol. The molecule has 0 bridgehead atoms. The summed E-state index contributed by atoms with van der Waals surface area (Å²) in [6, 6.07) is 3.56. The Morgan fingerprint density at radius 3 is 3.00 bits per heavy atom. The van der Waals surface area contributed by atoms with Gasteiger partial charge in [-0.05, 0) is 17.7 Å². The predicted octanol–water partition coefficient (Wildman–Crippen LogP) is 0.641. The van der Waals surface area contributed by atoms with E-state index in [2.05, 4.69) is 20.1 Å². The summed E-state index contributed by atoms with van der Waals surface area (Å²) in [5.41, 5.74) is 0.712. The monoisotopic (exact) mass is 220 g/mol. The van der Waals surface area contributed by atoms with E-state index in [1.807, 2.05) is 6.07 Å². The Hall–Kier alpha value is -2.00. The minimum Gasteiger partial charge on any atom is -0.246 e. The summed E-state index contributed by atoms with van der Waals surface area (Å²) in [4.78, 5) is 11.5. The van der Waals surface area contributed by atoms with Gasteiger partial charge >= 0.3 is 0 Å². The van der Waals surface area contributed by atoms with Crippen LogP contribution >= 0.6 is 11.6 Å². The lowest BCUT2D eigenvalue weighted by Crippen LogP contribution is -2.03. The number of rotatable bonds is 2. The lowest BCUT2D eigenvalue weighted by Gasteiger charge is -1.99. The van der Waals surface area contributed by atoms with E-state index in [-0.39, 0.29) is 11.1 Å². The summed E-state index contributed by atoms with van der Waals surface area (Å²) in [5.74, 6) is 0.134. The Morgan fingerprint density at radius 1 is 1.47 bits per heavy atom. The van der Waals surface area contributed by atoms with Crippen molar-refractivity contribution in [2.24, 2.45) is 0 Å². The van der Waals surface area contributed by atoms with Gasteiger partial charge in [-0.3, -0.25) is 0 Å². The van der Waals surface area contributed by atoms with Crippen LogP contribution in [0.3, 0.4) is 0 Å². The number of nitriles is 1. The maximum absolute atomic E-state index is 8.53. The second kappa shape index (κ2) is 4.02. The van der Waals surface area contributed by atoms with Gasteiger partial charge in [0.25, 0.3) is 5.82 Å². The molecule has 0 aliphatic heterocycles. The first-order chi connectivity index (χ1) is 7.28. The Kier molecular flexibility index (Phi) is 2.56. The molecule has 0 saturated heterocycles. The average molecular weight is 221 g/mol. The number of hydrogen-bond donors (Lipinski definition) is 0. The number of nitrogens with zero attached hydrogens (tertiary/aromatic N) is 6. The fourth-order valence-corrected chi connectivity index (χ4v) is 1.21. The summed E-state index contributed by atoms with van der Waals surface area (Å²) in [7, 11) is 0. The first-order valence-electron chi connectivity index (χ1n) is 4.05. The zero-order valence-electron chi connectivity index (χ0n) is 7.50. The third kappa shape index (κ3) is 2.27. The number of halogens is 1. The first-order valence-corrected chi connectivity index (χ1v) is 4.42. The predicted molar refractivity (Wildman–Crippen MR) is 50.9 cm³/mol. The first kappa shape index (κ1) is 9.55. The molecule has 2 aromatic heterocycles. The molecule has 0 spiro atoms. The maximum atomic E-state index is 8.53. The molecule has 74 valence electrons. The quantitative estimate of drug-likeness (QED) is 0.694. The van der Waals surface area contributed by atoms with Crippen LogP contribution in [0.1, 0.15) is 11.5 Å². The molecule has 0 saturated carbocycles. The van der Waals surface area contributed by atoms with Crippen molar-refractivity contribution in [2.75, 3.05) is 0 Å². The molecule has 15 heavy (non-hydrogen) atoms. The van der Waals surface area contributed by atoms with E-state index in [4.69, 9.17) is 16.9 Å². The van der Waals surface area contributed by atoms with Crippen LogP contribution in [-0.2, 0) is 6.54 Å². The van der Waals surface area contributed by atoms with Gasteiger partial charge in [0, 0.05) is 6.20 Å². The lowest BCUT2D eigenvalue weighted by atomic mass is 10.4. The molecule has 0 aliphatic rings. The van der Waals surface area contributed by atoms with Crippen LogP contribution in [0.4, 0.5) is 0 Å². The molecule has 2 aromatic rings. The van der Waals surface area contributed by atoms with Gasteiger partial charge < -0.3 is 0 Å².